The molecule has 0 aliphatic heterocycles. The van der Waals surface area contributed by atoms with Crippen LogP contribution in [-0.4, -0.2) is 17.1 Å². The third kappa shape index (κ3) is 3.00. The standard InChI is InChI=1S/C18H19NO2/c1-5-21-18(20)17-13(2)16(14(3)19(17)4)12-11-15-9-7-6-8-10-15/h6-10H,5H2,1-4H3. The van der Waals surface area contributed by atoms with Gasteiger partial charge in [-0.1, -0.05) is 30.0 Å². The van der Waals surface area contributed by atoms with Gasteiger partial charge in [-0.05, 0) is 38.5 Å². The molecule has 0 bridgehead atoms. The average molecular weight is 281 g/mol. The van der Waals surface area contributed by atoms with E-state index in [0.29, 0.717) is 12.3 Å². The van der Waals surface area contributed by atoms with Gasteiger partial charge in [0.1, 0.15) is 5.69 Å². The second-order valence-electron chi connectivity index (χ2n) is 4.83. The fourth-order valence-corrected chi connectivity index (χ4v) is 2.31. The molecule has 21 heavy (non-hydrogen) atoms. The highest BCUT2D eigenvalue weighted by atomic mass is 16.5. The first-order valence-corrected chi connectivity index (χ1v) is 6.96. The van der Waals surface area contributed by atoms with E-state index in [1.165, 1.54) is 0 Å². The van der Waals surface area contributed by atoms with Gasteiger partial charge in [0.05, 0.1) is 6.61 Å². The summed E-state index contributed by atoms with van der Waals surface area (Å²) in [6.45, 7) is 6.05. The number of rotatable bonds is 2. The summed E-state index contributed by atoms with van der Waals surface area (Å²) in [6, 6.07) is 9.81. The largest absolute Gasteiger partial charge is 0.461 e. The molecule has 2 rings (SSSR count). The fourth-order valence-electron chi connectivity index (χ4n) is 2.31. The Labute approximate surface area is 125 Å². The molecule has 3 nitrogen and oxygen atoms in total. The van der Waals surface area contributed by atoms with Gasteiger partial charge >= 0.3 is 5.97 Å². The molecule has 0 unspecified atom stereocenters. The lowest BCUT2D eigenvalue weighted by molar-refractivity contribution is 0.0514. The monoisotopic (exact) mass is 281 g/mol. The summed E-state index contributed by atoms with van der Waals surface area (Å²) in [5, 5.41) is 0. The predicted octanol–water partition coefficient (Wildman–Crippen LogP) is 3.22. The number of aromatic nitrogens is 1. The normalized spacial score (nSPS) is 9.90. The zero-order chi connectivity index (χ0) is 15.4. The Balaban J connectivity index is 2.45. The maximum absolute atomic E-state index is 12.0. The van der Waals surface area contributed by atoms with Gasteiger partial charge in [-0.2, -0.15) is 0 Å². The first-order valence-electron chi connectivity index (χ1n) is 6.96. The van der Waals surface area contributed by atoms with Crippen molar-refractivity contribution in [1.29, 1.82) is 0 Å². The van der Waals surface area contributed by atoms with Crippen LogP contribution in [0.15, 0.2) is 30.3 Å². The number of benzene rings is 1. The third-order valence-corrected chi connectivity index (χ3v) is 3.50. The number of hydrogen-bond acceptors (Lipinski definition) is 2. The van der Waals surface area contributed by atoms with Crippen LogP contribution in [0.1, 0.15) is 39.8 Å². The lowest BCUT2D eigenvalue weighted by Crippen LogP contribution is -2.11. The lowest BCUT2D eigenvalue weighted by Gasteiger charge is -2.05. The molecule has 1 heterocycles. The first kappa shape index (κ1) is 14.9. The van der Waals surface area contributed by atoms with Gasteiger partial charge in [-0.25, -0.2) is 4.79 Å². The van der Waals surface area contributed by atoms with Crippen molar-refractivity contribution in [1.82, 2.24) is 4.57 Å². The van der Waals surface area contributed by atoms with Crippen LogP contribution in [0.2, 0.25) is 0 Å². The van der Waals surface area contributed by atoms with E-state index < -0.39 is 0 Å². The molecule has 0 amide bonds. The van der Waals surface area contributed by atoms with E-state index in [0.717, 1.165) is 22.4 Å². The number of hydrogen-bond donors (Lipinski definition) is 0. The molecule has 0 radical (unpaired) electrons. The molecule has 0 atom stereocenters. The SMILES string of the molecule is CCOC(=O)c1c(C)c(C#Cc2ccccc2)c(C)n1C. The number of carbonyl (C=O) groups excluding carboxylic acids is 1. The topological polar surface area (TPSA) is 31.2 Å². The summed E-state index contributed by atoms with van der Waals surface area (Å²) in [5.74, 6) is 6.02. The number of nitrogens with zero attached hydrogens (tertiary/aromatic N) is 1. The highest BCUT2D eigenvalue weighted by Gasteiger charge is 2.20. The third-order valence-electron chi connectivity index (χ3n) is 3.50. The van der Waals surface area contributed by atoms with E-state index in [1.807, 2.05) is 55.8 Å². The van der Waals surface area contributed by atoms with Gasteiger partial charge in [0.2, 0.25) is 0 Å². The maximum Gasteiger partial charge on any atom is 0.355 e. The average Bonchev–Trinajstić information content (AvgIpc) is 2.69. The molecule has 0 aliphatic carbocycles. The lowest BCUT2D eigenvalue weighted by atomic mass is 10.1. The van der Waals surface area contributed by atoms with E-state index >= 15 is 0 Å². The van der Waals surface area contributed by atoms with Crippen molar-refractivity contribution in [3.63, 3.8) is 0 Å². The van der Waals surface area contributed by atoms with Crippen LogP contribution in [-0.2, 0) is 11.8 Å². The van der Waals surface area contributed by atoms with Crippen molar-refractivity contribution >= 4 is 5.97 Å². The number of ether oxygens (including phenoxy) is 1. The Morgan fingerprint density at radius 1 is 1.19 bits per heavy atom. The molecular formula is C18H19NO2. The maximum atomic E-state index is 12.0. The summed E-state index contributed by atoms with van der Waals surface area (Å²) >= 11 is 0. The Bertz CT molecular complexity index is 715. The highest BCUT2D eigenvalue weighted by molar-refractivity contribution is 5.90. The molecule has 0 spiro atoms. The molecule has 1 aromatic heterocycles. The van der Waals surface area contributed by atoms with Crippen LogP contribution in [0.4, 0.5) is 0 Å². The minimum absolute atomic E-state index is 0.298. The quantitative estimate of drug-likeness (QED) is 0.625. The molecule has 0 saturated heterocycles. The molecule has 0 aliphatic rings. The Kier molecular flexibility index (Phi) is 4.49. The molecule has 108 valence electrons. The van der Waals surface area contributed by atoms with Gasteiger partial charge in [0, 0.05) is 23.9 Å². The van der Waals surface area contributed by atoms with Gasteiger partial charge in [-0.15, -0.1) is 0 Å². The van der Waals surface area contributed by atoms with E-state index in [-0.39, 0.29) is 5.97 Å². The van der Waals surface area contributed by atoms with Crippen molar-refractivity contribution in [2.75, 3.05) is 6.61 Å². The van der Waals surface area contributed by atoms with Crippen LogP contribution in [0.5, 0.6) is 0 Å². The molecule has 1 aromatic carbocycles. The Hall–Kier alpha value is -2.47. The van der Waals surface area contributed by atoms with E-state index in [1.54, 1.807) is 6.92 Å². The summed E-state index contributed by atoms with van der Waals surface area (Å²) in [6.07, 6.45) is 0. The summed E-state index contributed by atoms with van der Waals surface area (Å²) in [7, 11) is 1.86. The molecule has 2 aromatic rings. The van der Waals surface area contributed by atoms with Crippen LogP contribution in [0.3, 0.4) is 0 Å². The van der Waals surface area contributed by atoms with Crippen molar-refractivity contribution in [2.45, 2.75) is 20.8 Å². The first-order chi connectivity index (χ1) is 10.1. The van der Waals surface area contributed by atoms with Crippen LogP contribution in [0, 0.1) is 25.7 Å². The predicted molar refractivity (Wildman–Crippen MR) is 83.3 cm³/mol. The second kappa shape index (κ2) is 6.32. The summed E-state index contributed by atoms with van der Waals surface area (Å²) in [5.41, 5.74) is 4.27. The van der Waals surface area contributed by atoms with E-state index in [9.17, 15) is 4.79 Å². The molecule has 0 saturated carbocycles. The second-order valence-corrected chi connectivity index (χ2v) is 4.83. The van der Waals surface area contributed by atoms with Crippen molar-refractivity contribution < 1.29 is 9.53 Å². The molecule has 0 N–H and O–H groups in total. The minimum atomic E-state index is -0.298. The zero-order valence-corrected chi connectivity index (χ0v) is 12.9. The van der Waals surface area contributed by atoms with Gasteiger partial charge in [-0.3, -0.25) is 0 Å². The molecular weight excluding hydrogens is 262 g/mol. The van der Waals surface area contributed by atoms with Crippen molar-refractivity contribution in [2.24, 2.45) is 7.05 Å². The Morgan fingerprint density at radius 3 is 2.48 bits per heavy atom. The zero-order valence-electron chi connectivity index (χ0n) is 12.9. The van der Waals surface area contributed by atoms with Crippen molar-refractivity contribution in [3.8, 4) is 11.8 Å². The smallest absolute Gasteiger partial charge is 0.355 e. The Morgan fingerprint density at radius 2 is 1.86 bits per heavy atom. The fraction of sp³-hybridized carbons (Fsp3) is 0.278. The number of carbonyl (C=O) groups is 1. The van der Waals surface area contributed by atoms with Crippen LogP contribution < -0.4 is 0 Å². The minimum Gasteiger partial charge on any atom is -0.461 e. The van der Waals surface area contributed by atoms with E-state index in [2.05, 4.69) is 11.8 Å². The van der Waals surface area contributed by atoms with Gasteiger partial charge < -0.3 is 9.30 Å². The van der Waals surface area contributed by atoms with Crippen LogP contribution >= 0.6 is 0 Å². The van der Waals surface area contributed by atoms with Crippen LogP contribution in [0.25, 0.3) is 0 Å². The number of esters is 1. The van der Waals surface area contributed by atoms with Gasteiger partial charge in [0.25, 0.3) is 0 Å². The van der Waals surface area contributed by atoms with Gasteiger partial charge in [0.15, 0.2) is 0 Å². The summed E-state index contributed by atoms with van der Waals surface area (Å²) < 4.78 is 6.96. The highest BCUT2D eigenvalue weighted by Crippen LogP contribution is 2.21. The summed E-state index contributed by atoms with van der Waals surface area (Å²) in [4.78, 5) is 12.0. The van der Waals surface area contributed by atoms with E-state index in [4.69, 9.17) is 4.74 Å². The molecule has 0 fully saturated rings. The van der Waals surface area contributed by atoms with Crippen molar-refractivity contribution in [3.05, 3.63) is 58.4 Å². The molecule has 3 heteroatoms.